The monoisotopic (exact) mass is 340 g/mol. The quantitative estimate of drug-likeness (QED) is 0.689. The first-order valence-corrected chi connectivity index (χ1v) is 8.34. The van der Waals surface area contributed by atoms with Crippen LogP contribution >= 0.6 is 0 Å². The lowest BCUT2D eigenvalue weighted by atomic mass is 9.96. The fraction of sp³-hybridized carbons (Fsp3) is 0.333. The molecule has 0 atom stereocenters. The van der Waals surface area contributed by atoms with Crippen LogP contribution in [-0.4, -0.2) is 25.2 Å². The predicted molar refractivity (Wildman–Crippen MR) is 96.0 cm³/mol. The summed E-state index contributed by atoms with van der Waals surface area (Å²) in [5.41, 5.74) is 1.40. The van der Waals surface area contributed by atoms with Gasteiger partial charge >= 0.3 is 11.9 Å². The zero-order chi connectivity index (χ0) is 18.1. The number of carbonyl (C=O) groups is 2. The highest BCUT2D eigenvalue weighted by Gasteiger charge is 2.23. The van der Waals surface area contributed by atoms with Crippen LogP contribution in [0.4, 0.5) is 0 Å². The van der Waals surface area contributed by atoms with Crippen molar-refractivity contribution >= 4 is 11.9 Å². The van der Waals surface area contributed by atoms with E-state index in [0.717, 1.165) is 11.1 Å². The Balaban J connectivity index is 1.71. The number of carbonyl (C=O) groups excluding carboxylic acids is 2. The molecule has 0 saturated carbocycles. The molecule has 25 heavy (non-hydrogen) atoms. The average molecular weight is 340 g/mol. The summed E-state index contributed by atoms with van der Waals surface area (Å²) in [5.74, 6) is -0.565. The highest BCUT2D eigenvalue weighted by atomic mass is 16.5. The first-order valence-electron chi connectivity index (χ1n) is 8.34. The van der Waals surface area contributed by atoms with Crippen LogP contribution in [0.1, 0.15) is 25.0 Å². The van der Waals surface area contributed by atoms with Crippen LogP contribution in [0.3, 0.4) is 0 Å². The molecule has 0 saturated heterocycles. The molecular weight excluding hydrogens is 316 g/mol. The van der Waals surface area contributed by atoms with Crippen molar-refractivity contribution in [1.29, 1.82) is 0 Å². The van der Waals surface area contributed by atoms with Crippen molar-refractivity contribution < 1.29 is 19.1 Å². The van der Waals surface area contributed by atoms with Gasteiger partial charge in [0.15, 0.2) is 0 Å². The molecule has 0 fully saturated rings. The van der Waals surface area contributed by atoms with E-state index >= 15 is 0 Å². The van der Waals surface area contributed by atoms with Crippen LogP contribution in [0.5, 0.6) is 0 Å². The molecule has 4 heteroatoms. The van der Waals surface area contributed by atoms with Crippen molar-refractivity contribution in [1.82, 2.24) is 0 Å². The fourth-order valence-electron chi connectivity index (χ4n) is 2.22. The van der Waals surface area contributed by atoms with Gasteiger partial charge in [-0.2, -0.15) is 0 Å². The van der Waals surface area contributed by atoms with Gasteiger partial charge in [0.05, 0.1) is 26.1 Å². The second-order valence-electron chi connectivity index (χ2n) is 6.81. The lowest BCUT2D eigenvalue weighted by Gasteiger charge is -2.23. The smallest absolute Gasteiger partial charge is 0.310 e. The number of hydrogen-bond donors (Lipinski definition) is 0. The Morgan fingerprint density at radius 2 is 1.08 bits per heavy atom. The van der Waals surface area contributed by atoms with Gasteiger partial charge in [0.2, 0.25) is 0 Å². The lowest BCUT2D eigenvalue weighted by molar-refractivity contribution is -0.151. The number of hydrogen-bond acceptors (Lipinski definition) is 4. The zero-order valence-electron chi connectivity index (χ0n) is 14.7. The summed E-state index contributed by atoms with van der Waals surface area (Å²) in [7, 11) is 0. The third kappa shape index (κ3) is 7.21. The zero-order valence-corrected chi connectivity index (χ0v) is 14.7. The Morgan fingerprint density at radius 1 is 0.720 bits per heavy atom. The largest absolute Gasteiger partial charge is 0.465 e. The van der Waals surface area contributed by atoms with E-state index in [0.29, 0.717) is 0 Å². The molecule has 0 amide bonds. The maximum atomic E-state index is 11.9. The highest BCUT2D eigenvalue weighted by molar-refractivity contribution is 5.73. The Kier molecular flexibility index (Phi) is 6.75. The van der Waals surface area contributed by atoms with E-state index in [2.05, 4.69) is 0 Å². The topological polar surface area (TPSA) is 52.6 Å². The first kappa shape index (κ1) is 18.7. The van der Waals surface area contributed by atoms with Crippen LogP contribution in [0.15, 0.2) is 60.7 Å². The fourth-order valence-corrected chi connectivity index (χ4v) is 2.22. The minimum absolute atomic E-state index is 0.206. The van der Waals surface area contributed by atoms with Gasteiger partial charge in [0.25, 0.3) is 0 Å². The molecular formula is C21H24O4. The van der Waals surface area contributed by atoms with Gasteiger partial charge in [0.1, 0.15) is 0 Å². The van der Waals surface area contributed by atoms with Gasteiger partial charge in [-0.25, -0.2) is 0 Å². The molecule has 0 unspecified atom stereocenters. The summed E-state index contributed by atoms with van der Waals surface area (Å²) in [6, 6.07) is 18.9. The predicted octanol–water partition coefficient (Wildman–Crippen LogP) is 3.58. The lowest BCUT2D eigenvalue weighted by Crippen LogP contribution is -2.29. The molecule has 0 heterocycles. The minimum Gasteiger partial charge on any atom is -0.465 e. The number of rotatable bonds is 8. The number of ether oxygens (including phenoxy) is 2. The van der Waals surface area contributed by atoms with Crippen LogP contribution in [0.2, 0.25) is 0 Å². The van der Waals surface area contributed by atoms with Crippen molar-refractivity contribution in [3.8, 4) is 0 Å². The van der Waals surface area contributed by atoms with E-state index in [4.69, 9.17) is 9.47 Å². The van der Waals surface area contributed by atoms with Crippen LogP contribution in [-0.2, 0) is 31.9 Å². The maximum absolute atomic E-state index is 11.9. The Bertz CT molecular complexity index is 618. The molecule has 0 spiro atoms. The second-order valence-corrected chi connectivity index (χ2v) is 6.81. The molecule has 0 aliphatic carbocycles. The van der Waals surface area contributed by atoms with E-state index in [9.17, 15) is 9.59 Å². The Labute approximate surface area is 148 Å². The van der Waals surface area contributed by atoms with E-state index in [1.54, 1.807) is 0 Å². The normalized spacial score (nSPS) is 11.0. The summed E-state index contributed by atoms with van der Waals surface area (Å²) in [4.78, 5) is 23.8. The summed E-state index contributed by atoms with van der Waals surface area (Å²) in [6.45, 7) is 4.21. The molecule has 132 valence electrons. The van der Waals surface area contributed by atoms with Gasteiger partial charge in [-0.15, -0.1) is 0 Å². The first-order chi connectivity index (χ1) is 11.9. The van der Waals surface area contributed by atoms with Crippen molar-refractivity contribution in [2.24, 2.45) is 5.41 Å². The van der Waals surface area contributed by atoms with Crippen LogP contribution < -0.4 is 0 Å². The van der Waals surface area contributed by atoms with E-state index in [1.165, 1.54) is 0 Å². The van der Waals surface area contributed by atoms with Crippen molar-refractivity contribution in [2.45, 2.75) is 26.7 Å². The molecule has 2 aromatic carbocycles. The molecule has 2 rings (SSSR count). The Morgan fingerprint density at radius 3 is 1.44 bits per heavy atom. The van der Waals surface area contributed by atoms with Gasteiger partial charge < -0.3 is 9.47 Å². The number of benzene rings is 2. The third-order valence-electron chi connectivity index (χ3n) is 3.63. The van der Waals surface area contributed by atoms with Crippen LogP contribution in [0, 0.1) is 5.41 Å². The molecule has 0 radical (unpaired) electrons. The van der Waals surface area contributed by atoms with Gasteiger partial charge in [-0.1, -0.05) is 74.5 Å². The number of esters is 2. The summed E-state index contributed by atoms with van der Waals surface area (Å²) >= 11 is 0. The molecule has 0 aliphatic rings. The molecule has 2 aromatic rings. The van der Waals surface area contributed by atoms with Gasteiger partial charge in [0, 0.05) is 5.41 Å². The summed E-state index contributed by atoms with van der Waals surface area (Å²) in [6.07, 6.45) is 0.482. The highest BCUT2D eigenvalue weighted by Crippen LogP contribution is 2.17. The maximum Gasteiger partial charge on any atom is 0.310 e. The van der Waals surface area contributed by atoms with Crippen molar-refractivity contribution in [3.63, 3.8) is 0 Å². The molecule has 0 aliphatic heterocycles. The van der Waals surface area contributed by atoms with Crippen LogP contribution in [0.25, 0.3) is 0 Å². The molecule has 0 bridgehead atoms. The van der Waals surface area contributed by atoms with Crippen molar-refractivity contribution in [2.75, 3.05) is 13.2 Å². The van der Waals surface area contributed by atoms with E-state index in [-0.39, 0.29) is 38.0 Å². The summed E-state index contributed by atoms with van der Waals surface area (Å²) < 4.78 is 10.7. The SMILES string of the molecule is CC(C)(COC(=O)Cc1ccccc1)COC(=O)Cc1ccccc1. The average Bonchev–Trinajstić information content (AvgIpc) is 2.60. The van der Waals surface area contributed by atoms with E-state index < -0.39 is 5.41 Å². The van der Waals surface area contributed by atoms with Gasteiger partial charge in [-0.05, 0) is 11.1 Å². The molecule has 0 aromatic heterocycles. The molecule has 0 N–H and O–H groups in total. The van der Waals surface area contributed by atoms with Gasteiger partial charge in [-0.3, -0.25) is 9.59 Å². The van der Waals surface area contributed by atoms with E-state index in [1.807, 2.05) is 74.5 Å². The third-order valence-corrected chi connectivity index (χ3v) is 3.63. The summed E-state index contributed by atoms with van der Waals surface area (Å²) in [5, 5.41) is 0. The molecule has 4 nitrogen and oxygen atoms in total. The van der Waals surface area contributed by atoms with Crippen molar-refractivity contribution in [3.05, 3.63) is 71.8 Å². The Hall–Kier alpha value is -2.62. The second kappa shape index (κ2) is 9.02. The minimum atomic E-state index is -0.432. The standard InChI is InChI=1S/C21H24O4/c1-21(2,15-24-19(22)13-17-9-5-3-6-10-17)16-25-20(23)14-18-11-7-4-8-12-18/h3-12H,13-16H2,1-2H3.